The minimum atomic E-state index is 0.519. The third kappa shape index (κ3) is 2.36. The molecule has 1 aromatic carbocycles. The highest BCUT2D eigenvalue weighted by Gasteiger charge is 2.08. The summed E-state index contributed by atoms with van der Waals surface area (Å²) in [5.41, 5.74) is 2.39. The minimum absolute atomic E-state index is 0.519. The number of benzene rings is 1. The molecule has 0 aliphatic heterocycles. The number of hydrogen-bond donors (Lipinski definition) is 0. The van der Waals surface area contributed by atoms with E-state index in [1.807, 2.05) is 0 Å². The smallest absolute Gasteiger partial charge is 0.0821 e. The lowest BCUT2D eigenvalue weighted by atomic mass is 10.2. The molecule has 2 aromatic heterocycles. The van der Waals surface area contributed by atoms with Gasteiger partial charge in [-0.2, -0.15) is 5.10 Å². The standard InChI is InChI=1S/C17H21N3/c1-3-16(4-2)20-12-10-15(18-20)13-19-11-9-14-7-5-6-8-17(14)19/h5-12,16H,3-4,13H2,1-2H3. The molecule has 20 heavy (non-hydrogen) atoms. The van der Waals surface area contributed by atoms with Crippen LogP contribution in [-0.2, 0) is 6.54 Å². The van der Waals surface area contributed by atoms with E-state index < -0.39 is 0 Å². The van der Waals surface area contributed by atoms with Crippen molar-refractivity contribution in [2.24, 2.45) is 0 Å². The van der Waals surface area contributed by atoms with E-state index in [-0.39, 0.29) is 0 Å². The molecule has 0 fully saturated rings. The van der Waals surface area contributed by atoms with E-state index in [2.05, 4.69) is 71.9 Å². The van der Waals surface area contributed by atoms with Gasteiger partial charge in [-0.15, -0.1) is 0 Å². The van der Waals surface area contributed by atoms with E-state index in [0.29, 0.717) is 6.04 Å². The van der Waals surface area contributed by atoms with Crippen LogP contribution < -0.4 is 0 Å². The van der Waals surface area contributed by atoms with Gasteiger partial charge in [-0.1, -0.05) is 32.0 Å². The molecule has 0 aliphatic rings. The van der Waals surface area contributed by atoms with Crippen LogP contribution in [0.5, 0.6) is 0 Å². The molecule has 3 rings (SSSR count). The van der Waals surface area contributed by atoms with Gasteiger partial charge in [0.2, 0.25) is 0 Å². The maximum absolute atomic E-state index is 4.73. The molecule has 3 nitrogen and oxygen atoms in total. The molecule has 0 aliphatic carbocycles. The van der Waals surface area contributed by atoms with Gasteiger partial charge in [0.25, 0.3) is 0 Å². The van der Waals surface area contributed by atoms with Crippen LogP contribution in [0.4, 0.5) is 0 Å². The van der Waals surface area contributed by atoms with Crippen LogP contribution in [0.25, 0.3) is 10.9 Å². The summed E-state index contributed by atoms with van der Waals surface area (Å²) in [5, 5.41) is 6.01. The number of rotatable bonds is 5. The first-order valence-corrected chi connectivity index (χ1v) is 7.39. The molecule has 3 aromatic rings. The van der Waals surface area contributed by atoms with Crippen LogP contribution in [0, 0.1) is 0 Å². The van der Waals surface area contributed by atoms with E-state index in [1.165, 1.54) is 10.9 Å². The molecule has 0 saturated heterocycles. The zero-order valence-electron chi connectivity index (χ0n) is 12.2. The summed E-state index contributed by atoms with van der Waals surface area (Å²) in [5.74, 6) is 0. The number of hydrogen-bond acceptors (Lipinski definition) is 1. The molecule has 0 unspecified atom stereocenters. The molecule has 0 bridgehead atoms. The average molecular weight is 267 g/mol. The van der Waals surface area contributed by atoms with Gasteiger partial charge in [-0.25, -0.2) is 0 Å². The Morgan fingerprint density at radius 2 is 1.80 bits per heavy atom. The number of para-hydroxylation sites is 1. The van der Waals surface area contributed by atoms with E-state index in [1.54, 1.807) is 0 Å². The zero-order valence-corrected chi connectivity index (χ0v) is 12.2. The Morgan fingerprint density at radius 3 is 2.60 bits per heavy atom. The summed E-state index contributed by atoms with van der Waals surface area (Å²) in [4.78, 5) is 0. The first-order chi connectivity index (χ1) is 9.81. The largest absolute Gasteiger partial charge is 0.341 e. The van der Waals surface area contributed by atoms with Gasteiger partial charge in [0.1, 0.15) is 0 Å². The fourth-order valence-corrected chi connectivity index (χ4v) is 2.78. The molecular formula is C17H21N3. The van der Waals surface area contributed by atoms with Crippen molar-refractivity contribution in [2.45, 2.75) is 39.3 Å². The highest BCUT2D eigenvalue weighted by molar-refractivity contribution is 5.79. The Hall–Kier alpha value is -2.03. The van der Waals surface area contributed by atoms with Gasteiger partial charge in [0.15, 0.2) is 0 Å². The molecule has 3 heteroatoms. The van der Waals surface area contributed by atoms with Gasteiger partial charge in [-0.05, 0) is 36.4 Å². The van der Waals surface area contributed by atoms with Crippen LogP contribution in [0.15, 0.2) is 48.8 Å². The second-order valence-electron chi connectivity index (χ2n) is 5.26. The van der Waals surface area contributed by atoms with Gasteiger partial charge < -0.3 is 4.57 Å². The van der Waals surface area contributed by atoms with Crippen LogP contribution in [-0.4, -0.2) is 14.3 Å². The fourth-order valence-electron chi connectivity index (χ4n) is 2.78. The predicted molar refractivity (Wildman–Crippen MR) is 82.9 cm³/mol. The molecule has 0 radical (unpaired) electrons. The van der Waals surface area contributed by atoms with Crippen molar-refractivity contribution in [1.82, 2.24) is 14.3 Å². The van der Waals surface area contributed by atoms with Crippen LogP contribution in [0.1, 0.15) is 38.4 Å². The lowest BCUT2D eigenvalue weighted by molar-refractivity contribution is 0.425. The van der Waals surface area contributed by atoms with Crippen molar-refractivity contribution in [1.29, 1.82) is 0 Å². The third-order valence-electron chi connectivity index (χ3n) is 3.99. The van der Waals surface area contributed by atoms with E-state index in [0.717, 1.165) is 25.1 Å². The van der Waals surface area contributed by atoms with Crippen LogP contribution in [0.2, 0.25) is 0 Å². The number of fused-ring (bicyclic) bond motifs is 1. The first-order valence-electron chi connectivity index (χ1n) is 7.39. The van der Waals surface area contributed by atoms with Crippen molar-refractivity contribution in [2.75, 3.05) is 0 Å². The van der Waals surface area contributed by atoms with Crippen molar-refractivity contribution in [3.8, 4) is 0 Å². The Labute approximate surface area is 119 Å². The first kappa shape index (κ1) is 13.0. The average Bonchev–Trinajstić information content (AvgIpc) is 3.09. The molecule has 0 amide bonds. The maximum atomic E-state index is 4.73. The molecule has 2 heterocycles. The monoisotopic (exact) mass is 267 g/mol. The Kier molecular flexibility index (Phi) is 3.59. The highest BCUT2D eigenvalue weighted by atomic mass is 15.3. The van der Waals surface area contributed by atoms with Crippen LogP contribution in [0.3, 0.4) is 0 Å². The predicted octanol–water partition coefficient (Wildman–Crippen LogP) is 4.25. The zero-order chi connectivity index (χ0) is 13.9. The maximum Gasteiger partial charge on any atom is 0.0821 e. The van der Waals surface area contributed by atoms with Gasteiger partial charge >= 0.3 is 0 Å². The summed E-state index contributed by atoms with van der Waals surface area (Å²) in [7, 11) is 0. The van der Waals surface area contributed by atoms with Crippen LogP contribution >= 0.6 is 0 Å². The number of nitrogens with zero attached hydrogens (tertiary/aromatic N) is 3. The SMILES string of the molecule is CCC(CC)n1ccc(Cn2ccc3ccccc32)n1. The van der Waals surface area contributed by atoms with Gasteiger partial charge in [0.05, 0.1) is 18.3 Å². The van der Waals surface area contributed by atoms with Crippen molar-refractivity contribution < 1.29 is 0 Å². The molecule has 104 valence electrons. The van der Waals surface area contributed by atoms with Gasteiger partial charge in [-0.3, -0.25) is 4.68 Å². The second-order valence-corrected chi connectivity index (χ2v) is 5.26. The lowest BCUT2D eigenvalue weighted by Gasteiger charge is -2.12. The van der Waals surface area contributed by atoms with E-state index in [4.69, 9.17) is 5.10 Å². The Balaban J connectivity index is 1.84. The third-order valence-corrected chi connectivity index (χ3v) is 3.99. The minimum Gasteiger partial charge on any atom is -0.341 e. The number of aromatic nitrogens is 3. The molecule has 0 spiro atoms. The van der Waals surface area contributed by atoms with Crippen molar-refractivity contribution in [3.05, 3.63) is 54.5 Å². The molecular weight excluding hydrogens is 246 g/mol. The lowest BCUT2D eigenvalue weighted by Crippen LogP contribution is -2.08. The summed E-state index contributed by atoms with van der Waals surface area (Å²) < 4.78 is 4.37. The molecule has 0 saturated carbocycles. The topological polar surface area (TPSA) is 22.8 Å². The summed E-state index contributed by atoms with van der Waals surface area (Å²) in [6.07, 6.45) is 6.51. The summed E-state index contributed by atoms with van der Waals surface area (Å²) in [6.45, 7) is 5.27. The quantitative estimate of drug-likeness (QED) is 0.677. The normalized spacial score (nSPS) is 11.6. The van der Waals surface area contributed by atoms with Crippen molar-refractivity contribution >= 4 is 10.9 Å². The summed E-state index contributed by atoms with van der Waals surface area (Å²) in [6, 6.07) is 13.3. The van der Waals surface area contributed by atoms with Crippen molar-refractivity contribution in [3.63, 3.8) is 0 Å². The molecule has 0 atom stereocenters. The van der Waals surface area contributed by atoms with E-state index in [9.17, 15) is 0 Å². The highest BCUT2D eigenvalue weighted by Crippen LogP contribution is 2.18. The summed E-state index contributed by atoms with van der Waals surface area (Å²) >= 11 is 0. The molecule has 0 N–H and O–H groups in total. The Morgan fingerprint density at radius 1 is 1.00 bits per heavy atom. The second kappa shape index (κ2) is 5.53. The van der Waals surface area contributed by atoms with E-state index >= 15 is 0 Å². The fraction of sp³-hybridized carbons (Fsp3) is 0.353. The van der Waals surface area contributed by atoms with Gasteiger partial charge in [0, 0.05) is 17.9 Å². The Bertz CT molecular complexity index is 689.